The van der Waals surface area contributed by atoms with E-state index in [0.717, 1.165) is 18.4 Å². The monoisotopic (exact) mass is 396 g/mol. The molecule has 0 saturated carbocycles. The van der Waals surface area contributed by atoms with E-state index < -0.39 is 5.91 Å². The van der Waals surface area contributed by atoms with Gasteiger partial charge in [0.2, 0.25) is 5.91 Å². The third-order valence-corrected chi connectivity index (χ3v) is 5.19. The average molecular weight is 397 g/mol. The van der Waals surface area contributed by atoms with E-state index in [1.807, 2.05) is 12.1 Å². The Morgan fingerprint density at radius 2 is 1.61 bits per heavy atom. The maximum absolute atomic E-state index is 15.0. The second-order valence-electron chi connectivity index (χ2n) is 6.98. The molecule has 144 valence electrons. The van der Waals surface area contributed by atoms with Crippen LogP contribution in [0, 0.1) is 5.82 Å². The molecule has 0 aliphatic heterocycles. The topological polar surface area (TPSA) is 55.1 Å². The lowest BCUT2D eigenvalue weighted by atomic mass is 10.0. The highest BCUT2D eigenvalue weighted by atomic mass is 35.5. The second-order valence-corrected chi connectivity index (χ2v) is 6.98. The number of nitrogens with one attached hydrogen (secondary N) is 1. The van der Waals surface area contributed by atoms with Crippen LogP contribution in [0.3, 0.4) is 0 Å². The number of benzene rings is 3. The molecule has 1 aliphatic rings. The van der Waals surface area contributed by atoms with Gasteiger partial charge in [-0.15, -0.1) is 12.4 Å². The molecule has 0 heterocycles. The van der Waals surface area contributed by atoms with Crippen molar-refractivity contribution in [3.05, 3.63) is 94.8 Å². The summed E-state index contributed by atoms with van der Waals surface area (Å²) in [6.45, 7) is 0.484. The van der Waals surface area contributed by atoms with Crippen LogP contribution >= 0.6 is 12.4 Å². The van der Waals surface area contributed by atoms with Crippen molar-refractivity contribution in [3.63, 3.8) is 0 Å². The zero-order valence-electron chi connectivity index (χ0n) is 15.3. The molecule has 3 N–H and O–H groups in total. The number of hydrogen-bond donors (Lipinski definition) is 2. The van der Waals surface area contributed by atoms with Crippen molar-refractivity contribution in [3.8, 4) is 11.1 Å². The maximum atomic E-state index is 15.0. The first-order chi connectivity index (χ1) is 13.1. The van der Waals surface area contributed by atoms with E-state index in [2.05, 4.69) is 29.6 Å². The smallest absolute Gasteiger partial charge is 0.248 e. The van der Waals surface area contributed by atoms with Crippen LogP contribution in [0.15, 0.2) is 66.7 Å². The molecule has 0 bridgehead atoms. The Labute approximate surface area is 170 Å². The van der Waals surface area contributed by atoms with Crippen LogP contribution in [0.5, 0.6) is 0 Å². The number of nitrogens with two attached hydrogens (primary N) is 1. The fraction of sp³-hybridized carbons (Fsp3) is 0.174. The fourth-order valence-corrected chi connectivity index (χ4v) is 3.71. The van der Waals surface area contributed by atoms with Gasteiger partial charge in [0, 0.05) is 29.3 Å². The van der Waals surface area contributed by atoms with Crippen molar-refractivity contribution in [1.82, 2.24) is 5.32 Å². The summed E-state index contributed by atoms with van der Waals surface area (Å²) >= 11 is 0. The lowest BCUT2D eigenvalue weighted by Crippen LogP contribution is -2.29. The zero-order valence-corrected chi connectivity index (χ0v) is 16.1. The number of carbonyl (C=O) groups excluding carboxylic acids is 1. The third kappa shape index (κ3) is 4.08. The van der Waals surface area contributed by atoms with Crippen LogP contribution in [0.2, 0.25) is 0 Å². The molecule has 0 atom stereocenters. The highest BCUT2D eigenvalue weighted by molar-refractivity contribution is 5.93. The SMILES string of the molecule is Cl.NC(=O)c1ccc(-c2cccc(CNC3Cc4ccccc4C3)c2F)cc1. The van der Waals surface area contributed by atoms with Gasteiger partial charge in [0.25, 0.3) is 0 Å². The molecule has 4 rings (SSSR count). The van der Waals surface area contributed by atoms with Crippen LogP contribution < -0.4 is 11.1 Å². The molecule has 5 heteroatoms. The minimum Gasteiger partial charge on any atom is -0.366 e. The van der Waals surface area contributed by atoms with Gasteiger partial charge < -0.3 is 11.1 Å². The van der Waals surface area contributed by atoms with Gasteiger partial charge in [0.15, 0.2) is 0 Å². The summed E-state index contributed by atoms with van der Waals surface area (Å²) in [4.78, 5) is 11.2. The standard InChI is InChI=1S/C23H21FN2O.ClH/c24-22-19(14-26-20-12-17-4-1-2-5-18(17)13-20)6-3-7-21(22)15-8-10-16(11-9-15)23(25)27;/h1-11,20,26H,12-14H2,(H2,25,27);1H. The van der Waals surface area contributed by atoms with Crippen molar-refractivity contribution in [1.29, 1.82) is 0 Å². The molecular formula is C23H22ClFN2O. The van der Waals surface area contributed by atoms with Gasteiger partial charge in [-0.25, -0.2) is 4.39 Å². The van der Waals surface area contributed by atoms with Crippen molar-refractivity contribution in [2.45, 2.75) is 25.4 Å². The van der Waals surface area contributed by atoms with Crippen molar-refractivity contribution in [2.75, 3.05) is 0 Å². The summed E-state index contributed by atoms with van der Waals surface area (Å²) in [6, 6.07) is 20.9. The van der Waals surface area contributed by atoms with Gasteiger partial charge in [0.1, 0.15) is 5.82 Å². The normalized spacial score (nSPS) is 13.0. The molecule has 0 unspecified atom stereocenters. The summed E-state index contributed by atoms with van der Waals surface area (Å²) < 4.78 is 15.0. The Balaban J connectivity index is 0.00000225. The Morgan fingerprint density at radius 1 is 0.964 bits per heavy atom. The van der Waals surface area contributed by atoms with Gasteiger partial charge >= 0.3 is 0 Å². The van der Waals surface area contributed by atoms with E-state index in [1.165, 1.54) is 11.1 Å². The minimum atomic E-state index is -0.488. The fourth-order valence-electron chi connectivity index (χ4n) is 3.71. The van der Waals surface area contributed by atoms with Crippen molar-refractivity contribution < 1.29 is 9.18 Å². The number of fused-ring (bicyclic) bond motifs is 1. The molecule has 3 aromatic carbocycles. The van der Waals surface area contributed by atoms with Crippen LogP contribution in [0.1, 0.15) is 27.0 Å². The molecule has 0 radical (unpaired) electrons. The van der Waals surface area contributed by atoms with Gasteiger partial charge in [-0.3, -0.25) is 4.79 Å². The van der Waals surface area contributed by atoms with Crippen LogP contribution in [0.4, 0.5) is 4.39 Å². The Morgan fingerprint density at radius 3 is 2.21 bits per heavy atom. The highest BCUT2D eigenvalue weighted by Crippen LogP contribution is 2.26. The molecule has 1 aliphatic carbocycles. The first kappa shape index (κ1) is 20.1. The van der Waals surface area contributed by atoms with E-state index in [9.17, 15) is 4.79 Å². The molecule has 3 aromatic rings. The van der Waals surface area contributed by atoms with E-state index in [0.29, 0.717) is 29.3 Å². The van der Waals surface area contributed by atoms with Gasteiger partial charge in [-0.05, 0) is 41.7 Å². The summed E-state index contributed by atoms with van der Waals surface area (Å²) in [5.74, 6) is -0.718. The van der Waals surface area contributed by atoms with Gasteiger partial charge in [-0.1, -0.05) is 54.6 Å². The van der Waals surface area contributed by atoms with Crippen LogP contribution in [-0.4, -0.2) is 11.9 Å². The van der Waals surface area contributed by atoms with Crippen LogP contribution in [0.25, 0.3) is 11.1 Å². The second kappa shape index (κ2) is 8.55. The molecule has 0 saturated heterocycles. The summed E-state index contributed by atoms with van der Waals surface area (Å²) in [6.07, 6.45) is 1.96. The number of carbonyl (C=O) groups is 1. The third-order valence-electron chi connectivity index (χ3n) is 5.19. The Hall–Kier alpha value is -2.69. The largest absolute Gasteiger partial charge is 0.366 e. The number of hydrogen-bond acceptors (Lipinski definition) is 2. The van der Waals surface area contributed by atoms with E-state index in [1.54, 1.807) is 30.3 Å². The number of rotatable bonds is 5. The number of amides is 1. The quantitative estimate of drug-likeness (QED) is 0.676. The number of halogens is 2. The van der Waals surface area contributed by atoms with Gasteiger partial charge in [-0.2, -0.15) is 0 Å². The van der Waals surface area contributed by atoms with E-state index >= 15 is 4.39 Å². The van der Waals surface area contributed by atoms with E-state index in [4.69, 9.17) is 5.73 Å². The van der Waals surface area contributed by atoms with Gasteiger partial charge in [0.05, 0.1) is 0 Å². The zero-order chi connectivity index (χ0) is 18.8. The maximum Gasteiger partial charge on any atom is 0.248 e. The number of primary amides is 1. The summed E-state index contributed by atoms with van der Waals surface area (Å²) in [5.41, 5.74) is 10.3. The molecule has 0 aromatic heterocycles. The minimum absolute atomic E-state index is 0. The first-order valence-corrected chi connectivity index (χ1v) is 9.09. The molecule has 28 heavy (non-hydrogen) atoms. The molecule has 1 amide bonds. The van der Waals surface area contributed by atoms with Crippen molar-refractivity contribution >= 4 is 18.3 Å². The Bertz CT molecular complexity index is 963. The molecule has 0 spiro atoms. The molecule has 0 fully saturated rings. The van der Waals surface area contributed by atoms with Crippen molar-refractivity contribution in [2.24, 2.45) is 5.73 Å². The lowest BCUT2D eigenvalue weighted by Gasteiger charge is -2.14. The molecular weight excluding hydrogens is 375 g/mol. The predicted molar refractivity (Wildman–Crippen MR) is 112 cm³/mol. The molecule has 3 nitrogen and oxygen atoms in total. The summed E-state index contributed by atoms with van der Waals surface area (Å²) in [7, 11) is 0. The lowest BCUT2D eigenvalue weighted by molar-refractivity contribution is 0.100. The summed E-state index contributed by atoms with van der Waals surface area (Å²) in [5, 5.41) is 3.49. The van der Waals surface area contributed by atoms with Crippen LogP contribution in [-0.2, 0) is 19.4 Å². The Kier molecular flexibility index (Phi) is 6.12. The average Bonchev–Trinajstić information content (AvgIpc) is 3.10. The predicted octanol–water partition coefficient (Wildman–Crippen LogP) is 4.27. The highest BCUT2D eigenvalue weighted by Gasteiger charge is 2.21. The van der Waals surface area contributed by atoms with E-state index in [-0.39, 0.29) is 18.2 Å². The first-order valence-electron chi connectivity index (χ1n) is 9.09.